The minimum atomic E-state index is -1.80. The van der Waals surface area contributed by atoms with Gasteiger partial charge in [0, 0.05) is 6.42 Å². The minimum Gasteiger partial charge on any atom is -0.394 e. The van der Waals surface area contributed by atoms with Gasteiger partial charge >= 0.3 is 0 Å². The molecule has 2 fully saturated rings. The molecule has 2 aliphatic heterocycles. The Kier molecular flexibility index (Phi) is 45.4. The second kappa shape index (κ2) is 49.3. The number of aliphatic hydroxyl groups excluding tert-OH is 8. The molecule has 2 aliphatic rings. The second-order valence-electron chi connectivity index (χ2n) is 22.2. The Bertz CT molecular complexity index is 1540. The van der Waals surface area contributed by atoms with Crippen molar-refractivity contribution in [2.75, 3.05) is 19.8 Å². The van der Waals surface area contributed by atoms with Gasteiger partial charge in [0.05, 0.1) is 32.0 Å². The van der Waals surface area contributed by atoms with Crippen LogP contribution in [0.15, 0.2) is 60.8 Å². The first-order valence-corrected chi connectivity index (χ1v) is 31.5. The summed E-state index contributed by atoms with van der Waals surface area (Å²) in [5.74, 6) is -0.269. The molecule has 0 aliphatic carbocycles. The molecule has 14 nitrogen and oxygen atoms in total. The molecule has 454 valence electrons. The van der Waals surface area contributed by atoms with Crippen molar-refractivity contribution >= 4 is 5.91 Å². The van der Waals surface area contributed by atoms with Crippen molar-refractivity contribution in [1.29, 1.82) is 0 Å². The van der Waals surface area contributed by atoms with Gasteiger partial charge in [-0.2, -0.15) is 0 Å². The molecule has 9 N–H and O–H groups in total. The van der Waals surface area contributed by atoms with E-state index in [1.807, 2.05) is 6.08 Å². The van der Waals surface area contributed by atoms with Crippen LogP contribution in [0.25, 0.3) is 0 Å². The minimum absolute atomic E-state index is 0.251. The fourth-order valence-corrected chi connectivity index (χ4v) is 10.1. The summed E-state index contributed by atoms with van der Waals surface area (Å²) in [4.78, 5) is 13.2. The molecule has 0 saturated carbocycles. The maximum atomic E-state index is 13.2. The summed E-state index contributed by atoms with van der Waals surface area (Å²) in [6, 6.07) is -0.947. The van der Waals surface area contributed by atoms with Gasteiger partial charge in [0.25, 0.3) is 0 Å². The van der Waals surface area contributed by atoms with Crippen LogP contribution in [0.2, 0.25) is 0 Å². The van der Waals surface area contributed by atoms with Crippen LogP contribution in [0.1, 0.15) is 245 Å². The Balaban J connectivity index is 1.71. The smallest absolute Gasteiger partial charge is 0.220 e. The third-order valence-corrected chi connectivity index (χ3v) is 15.1. The number of hydrogen-bond acceptors (Lipinski definition) is 13. The van der Waals surface area contributed by atoms with Crippen molar-refractivity contribution in [3.05, 3.63) is 60.8 Å². The SMILES string of the molecule is CCC/C=C\C/C=C\CCCCCCCC(=O)NC(COC1OC(CO)C(OC2OC(CO)C(O)C(O)C2O)C(O)C1O)C(O)/C=C/CC/C=C/CC/C=C/CCCCCCCCCCCCCCCCCCCCCCC. The number of nitrogens with one attached hydrogen (secondary N) is 1. The van der Waals surface area contributed by atoms with Crippen molar-refractivity contribution in [2.45, 2.75) is 319 Å². The highest BCUT2D eigenvalue weighted by molar-refractivity contribution is 5.76. The first-order valence-electron chi connectivity index (χ1n) is 31.5. The standard InChI is InChI=1S/C64H115NO13/c1-3-5-7-9-11-13-15-17-18-19-20-21-22-23-24-25-26-27-28-29-30-31-32-33-34-36-37-39-41-43-45-47-53(68)52(65-56(69)48-46-44-42-40-38-35-16-14-12-10-8-6-4-2)51-75-63-61(74)59(72)62(55(50-67)77-63)78-64-60(73)58(71)57(70)54(49-66)76-64/h8,10,14,16,32-33,37,39,45,47,52-55,57-64,66-68,70-74H,3-7,9,11-13,15,17-31,34-36,38,40-44,46,48-51H2,1-2H3,(H,65,69)/b10-8-,16-14-,33-32+,39-37+,47-45+. The average Bonchev–Trinajstić information content (AvgIpc) is 3.47. The molecule has 0 radical (unpaired) electrons. The number of carbonyl (C=O) groups excluding carboxylic acids is 1. The van der Waals surface area contributed by atoms with Gasteiger partial charge in [-0.25, -0.2) is 0 Å². The van der Waals surface area contributed by atoms with E-state index in [9.17, 15) is 45.6 Å². The molecular weight excluding hydrogens is 991 g/mol. The zero-order valence-electron chi connectivity index (χ0n) is 48.9. The van der Waals surface area contributed by atoms with E-state index in [0.29, 0.717) is 12.8 Å². The second-order valence-corrected chi connectivity index (χ2v) is 22.2. The number of allylic oxidation sites excluding steroid dienone is 9. The van der Waals surface area contributed by atoms with E-state index < -0.39 is 86.8 Å². The third-order valence-electron chi connectivity index (χ3n) is 15.1. The molecule has 0 bridgehead atoms. The monoisotopic (exact) mass is 1110 g/mol. The number of unbranched alkanes of at least 4 members (excludes halogenated alkanes) is 29. The summed E-state index contributed by atoms with van der Waals surface area (Å²) in [6.07, 6.45) is 47.2. The molecule has 2 rings (SSSR count). The van der Waals surface area contributed by atoms with Gasteiger partial charge < -0.3 is 65.1 Å². The van der Waals surface area contributed by atoms with Crippen LogP contribution in [0.3, 0.4) is 0 Å². The normalized spacial score (nSPS) is 24.9. The summed E-state index contributed by atoms with van der Waals surface area (Å²) in [5, 5.41) is 87.0. The van der Waals surface area contributed by atoms with E-state index in [0.717, 1.165) is 77.0 Å². The van der Waals surface area contributed by atoms with Crippen molar-refractivity contribution in [3.8, 4) is 0 Å². The number of hydrogen-bond donors (Lipinski definition) is 9. The van der Waals surface area contributed by atoms with Crippen molar-refractivity contribution in [3.63, 3.8) is 0 Å². The lowest BCUT2D eigenvalue weighted by molar-refractivity contribution is -0.359. The van der Waals surface area contributed by atoms with Crippen molar-refractivity contribution in [2.24, 2.45) is 0 Å². The number of aliphatic hydroxyl groups is 8. The summed E-state index contributed by atoms with van der Waals surface area (Å²) >= 11 is 0. The molecule has 0 aromatic carbocycles. The number of carbonyl (C=O) groups is 1. The van der Waals surface area contributed by atoms with E-state index >= 15 is 0 Å². The Morgan fingerprint density at radius 3 is 1.38 bits per heavy atom. The molecule has 12 atom stereocenters. The molecule has 2 heterocycles. The Morgan fingerprint density at radius 2 is 0.885 bits per heavy atom. The predicted octanol–water partition coefficient (Wildman–Crippen LogP) is 11.3. The molecule has 12 unspecified atom stereocenters. The van der Waals surface area contributed by atoms with E-state index in [4.69, 9.17) is 18.9 Å². The van der Waals surface area contributed by atoms with E-state index in [1.54, 1.807) is 6.08 Å². The molecule has 0 spiro atoms. The zero-order chi connectivity index (χ0) is 56.7. The van der Waals surface area contributed by atoms with Gasteiger partial charge in [-0.05, 0) is 70.6 Å². The number of amides is 1. The lowest BCUT2D eigenvalue weighted by Gasteiger charge is -2.46. The van der Waals surface area contributed by atoms with Gasteiger partial charge in [0.2, 0.25) is 5.91 Å². The first-order chi connectivity index (χ1) is 38.1. The largest absolute Gasteiger partial charge is 0.394 e. The highest BCUT2D eigenvalue weighted by Crippen LogP contribution is 2.30. The van der Waals surface area contributed by atoms with E-state index in [-0.39, 0.29) is 18.9 Å². The van der Waals surface area contributed by atoms with Crippen LogP contribution in [0.4, 0.5) is 0 Å². The molecular formula is C64H115NO13. The quantitative estimate of drug-likeness (QED) is 0.0204. The number of ether oxygens (including phenoxy) is 4. The molecule has 2 saturated heterocycles. The molecule has 0 aromatic rings. The maximum Gasteiger partial charge on any atom is 0.220 e. The average molecular weight is 1110 g/mol. The van der Waals surface area contributed by atoms with Crippen LogP contribution in [-0.2, 0) is 23.7 Å². The van der Waals surface area contributed by atoms with E-state index in [2.05, 4.69) is 67.8 Å². The van der Waals surface area contributed by atoms with Crippen molar-refractivity contribution < 1.29 is 64.6 Å². The Morgan fingerprint density at radius 1 is 0.462 bits per heavy atom. The molecule has 14 heteroatoms. The summed E-state index contributed by atoms with van der Waals surface area (Å²) < 4.78 is 22.7. The Labute approximate surface area is 473 Å². The fourth-order valence-electron chi connectivity index (χ4n) is 10.1. The van der Waals surface area contributed by atoms with Crippen LogP contribution >= 0.6 is 0 Å². The molecule has 1 amide bonds. The topological polar surface area (TPSA) is 228 Å². The fraction of sp³-hybridized carbons (Fsp3) is 0.828. The molecule has 0 aromatic heterocycles. The number of rotatable bonds is 50. The van der Waals surface area contributed by atoms with Gasteiger partial charge in [-0.3, -0.25) is 4.79 Å². The summed E-state index contributed by atoms with van der Waals surface area (Å²) in [5.41, 5.74) is 0. The van der Waals surface area contributed by atoms with Crippen LogP contribution in [0.5, 0.6) is 0 Å². The van der Waals surface area contributed by atoms with Crippen LogP contribution < -0.4 is 5.32 Å². The summed E-state index contributed by atoms with van der Waals surface area (Å²) in [7, 11) is 0. The van der Waals surface area contributed by atoms with E-state index in [1.165, 1.54) is 135 Å². The predicted molar refractivity (Wildman–Crippen MR) is 314 cm³/mol. The first kappa shape index (κ1) is 71.8. The zero-order valence-corrected chi connectivity index (χ0v) is 48.9. The third kappa shape index (κ3) is 34.2. The van der Waals surface area contributed by atoms with Gasteiger partial charge in [0.1, 0.15) is 48.8 Å². The van der Waals surface area contributed by atoms with Gasteiger partial charge in [0.15, 0.2) is 12.6 Å². The van der Waals surface area contributed by atoms with Crippen LogP contribution in [-0.4, -0.2) is 140 Å². The molecule has 78 heavy (non-hydrogen) atoms. The highest BCUT2D eigenvalue weighted by Gasteiger charge is 2.51. The van der Waals surface area contributed by atoms with Crippen molar-refractivity contribution in [1.82, 2.24) is 5.32 Å². The van der Waals surface area contributed by atoms with Gasteiger partial charge in [-0.15, -0.1) is 0 Å². The lowest BCUT2D eigenvalue weighted by atomic mass is 9.97. The highest BCUT2D eigenvalue weighted by atomic mass is 16.7. The summed E-state index contributed by atoms with van der Waals surface area (Å²) in [6.45, 7) is 2.70. The lowest BCUT2D eigenvalue weighted by Crippen LogP contribution is -2.65. The Hall–Kier alpha value is -2.31. The van der Waals surface area contributed by atoms with Crippen LogP contribution in [0, 0.1) is 0 Å². The van der Waals surface area contributed by atoms with Gasteiger partial charge in [-0.1, -0.05) is 229 Å². The maximum absolute atomic E-state index is 13.2.